The van der Waals surface area contributed by atoms with Crippen LogP contribution in [0.15, 0.2) is 58.1 Å². The summed E-state index contributed by atoms with van der Waals surface area (Å²) in [6, 6.07) is 15.4. The zero-order valence-corrected chi connectivity index (χ0v) is 31.0. The van der Waals surface area contributed by atoms with Gasteiger partial charge in [0.1, 0.15) is 11.2 Å². The number of nitrogens with zero attached hydrogens (tertiary/aromatic N) is 5. The highest BCUT2D eigenvalue weighted by molar-refractivity contribution is 6.39. The van der Waals surface area contributed by atoms with Gasteiger partial charge in [0.2, 0.25) is 11.8 Å². The van der Waals surface area contributed by atoms with Crippen LogP contribution in [0.2, 0.25) is 10.0 Å². The largest absolute Gasteiger partial charge is 0.481 e. The van der Waals surface area contributed by atoms with E-state index < -0.39 is 11.2 Å². The van der Waals surface area contributed by atoms with Crippen LogP contribution in [0.25, 0.3) is 33.3 Å². The molecule has 5 heterocycles. The van der Waals surface area contributed by atoms with Gasteiger partial charge in [-0.1, -0.05) is 53.5 Å². The maximum atomic E-state index is 13.3. The molecule has 11 nitrogen and oxygen atoms in total. The number of hydrogen-bond donors (Lipinski definition) is 2. The molecule has 2 aliphatic heterocycles. The highest BCUT2D eigenvalue weighted by Gasteiger charge is 2.45. The van der Waals surface area contributed by atoms with E-state index in [-0.39, 0.29) is 22.9 Å². The Labute approximate surface area is 310 Å². The van der Waals surface area contributed by atoms with Crippen LogP contribution in [0, 0.1) is 6.92 Å². The number of aromatic nitrogens is 4. The third kappa shape index (κ3) is 5.66. The maximum absolute atomic E-state index is 13.3. The molecule has 3 aliphatic rings. The predicted octanol–water partition coefficient (Wildman–Crippen LogP) is 6.46. The molecular formula is C39H39Cl2N7O4. The first-order chi connectivity index (χ1) is 25.0. The Morgan fingerprint density at radius 1 is 0.942 bits per heavy atom. The summed E-state index contributed by atoms with van der Waals surface area (Å²) in [5, 5.41) is 7.73. The average Bonchev–Trinajstić information content (AvgIpc) is 3.74. The van der Waals surface area contributed by atoms with Crippen LogP contribution in [0.1, 0.15) is 55.0 Å². The Balaban J connectivity index is 1.13. The molecule has 13 heteroatoms. The number of benzene rings is 2. The molecule has 2 N–H and O–H groups in total. The summed E-state index contributed by atoms with van der Waals surface area (Å²) >= 11 is 14.3. The fourth-order valence-corrected chi connectivity index (χ4v) is 9.03. The second-order valence-electron chi connectivity index (χ2n) is 14.2. The van der Waals surface area contributed by atoms with E-state index in [0.717, 1.165) is 60.9 Å². The third-order valence-corrected chi connectivity index (χ3v) is 11.8. The lowest BCUT2D eigenvalue weighted by atomic mass is 9.88. The van der Waals surface area contributed by atoms with Gasteiger partial charge in [-0.05, 0) is 62.8 Å². The zero-order chi connectivity index (χ0) is 36.5. The van der Waals surface area contributed by atoms with Crippen molar-refractivity contribution in [2.24, 2.45) is 14.1 Å². The van der Waals surface area contributed by atoms with Crippen molar-refractivity contribution in [2.75, 3.05) is 25.5 Å². The lowest BCUT2D eigenvalue weighted by Gasteiger charge is -2.35. The molecule has 1 amide bonds. The van der Waals surface area contributed by atoms with Crippen LogP contribution in [-0.4, -0.2) is 55.6 Å². The van der Waals surface area contributed by atoms with E-state index in [9.17, 15) is 14.4 Å². The standard InChI is InChI=1S/C39H39Cl2N7O4/c1-21-18-29-32(37(50)47(3)38(51)46(29)2)35(42-21)43-26-11-6-9-24(34(26)41)23-8-5-10-25(33(23)40)27-19-22-13-14-28(31(22)36(44-27)52-4)48-17-16-39(20-48)15-7-12-30(49)45-39/h5-6,8-11,18-19,28H,7,12-17,20H2,1-4H3,(H,42,43)(H,45,49)/t28-,39-/m0/s1. The van der Waals surface area contributed by atoms with E-state index in [1.807, 2.05) is 30.3 Å². The van der Waals surface area contributed by atoms with E-state index in [1.54, 1.807) is 33.2 Å². The molecule has 0 saturated carbocycles. The molecule has 3 aromatic heterocycles. The van der Waals surface area contributed by atoms with E-state index in [0.29, 0.717) is 61.9 Å². The van der Waals surface area contributed by atoms with Crippen molar-refractivity contribution in [3.63, 3.8) is 0 Å². The van der Waals surface area contributed by atoms with Crippen molar-refractivity contribution in [3.8, 4) is 28.3 Å². The number of piperidine rings is 1. The van der Waals surface area contributed by atoms with Gasteiger partial charge in [-0.15, -0.1) is 0 Å². The van der Waals surface area contributed by atoms with Crippen LogP contribution in [-0.2, 0) is 25.3 Å². The van der Waals surface area contributed by atoms with Crippen molar-refractivity contribution in [1.29, 1.82) is 0 Å². The fraction of sp³-hybridized carbons (Fsp3) is 0.359. The molecule has 1 aliphatic carbocycles. The molecule has 2 atom stereocenters. The number of likely N-dealkylation sites (tertiary alicyclic amines) is 1. The van der Waals surface area contributed by atoms with Gasteiger partial charge >= 0.3 is 5.69 Å². The number of amides is 1. The first kappa shape index (κ1) is 34.4. The van der Waals surface area contributed by atoms with Crippen LogP contribution in [0.3, 0.4) is 0 Å². The van der Waals surface area contributed by atoms with Gasteiger partial charge in [0, 0.05) is 67.6 Å². The smallest absolute Gasteiger partial charge is 0.330 e. The number of aryl methyl sites for hydroxylation is 3. The van der Waals surface area contributed by atoms with Gasteiger partial charge in [0.05, 0.1) is 39.6 Å². The minimum absolute atomic E-state index is 0.137. The van der Waals surface area contributed by atoms with Crippen LogP contribution in [0.5, 0.6) is 5.88 Å². The number of nitrogens with one attached hydrogen (secondary N) is 2. The van der Waals surface area contributed by atoms with E-state index in [4.69, 9.17) is 32.9 Å². The van der Waals surface area contributed by atoms with Crippen LogP contribution >= 0.6 is 23.2 Å². The first-order valence-corrected chi connectivity index (χ1v) is 18.3. The number of anilines is 2. The zero-order valence-electron chi connectivity index (χ0n) is 29.5. The summed E-state index contributed by atoms with van der Waals surface area (Å²) < 4.78 is 8.45. The lowest BCUT2D eigenvalue weighted by Crippen LogP contribution is -2.53. The average molecular weight is 741 g/mol. The highest BCUT2D eigenvalue weighted by Crippen LogP contribution is 2.47. The summed E-state index contributed by atoms with van der Waals surface area (Å²) in [6.45, 7) is 3.56. The summed E-state index contributed by atoms with van der Waals surface area (Å²) in [5.74, 6) is 1.05. The minimum Gasteiger partial charge on any atom is -0.481 e. The molecule has 5 aromatic rings. The number of hydrogen-bond acceptors (Lipinski definition) is 8. The minimum atomic E-state index is -0.457. The maximum Gasteiger partial charge on any atom is 0.330 e. The van der Waals surface area contributed by atoms with E-state index in [1.165, 1.54) is 17.2 Å². The summed E-state index contributed by atoms with van der Waals surface area (Å²) in [5.41, 5.74) is 5.77. The van der Waals surface area contributed by atoms with E-state index in [2.05, 4.69) is 26.6 Å². The fourth-order valence-electron chi connectivity index (χ4n) is 8.43. The summed E-state index contributed by atoms with van der Waals surface area (Å²) in [4.78, 5) is 50.3. The van der Waals surface area contributed by atoms with Crippen molar-refractivity contribution in [2.45, 2.75) is 57.0 Å². The Kier molecular flexibility index (Phi) is 8.63. The number of ether oxygens (including phenoxy) is 1. The normalized spacial score (nSPS) is 20.0. The number of methoxy groups -OCH3 is 1. The molecule has 2 fully saturated rings. The van der Waals surface area contributed by atoms with Crippen LogP contribution in [0.4, 0.5) is 11.5 Å². The number of carbonyl (C=O) groups excluding carboxylic acids is 1. The Bertz CT molecular complexity index is 2430. The SMILES string of the molecule is COc1nc(-c2cccc(-c3cccc(Nc4nc(C)cc5c4c(=O)n(C)c(=O)n5C)c3Cl)c2Cl)cc2c1[C@@H](N1CC[C@@]3(CCCC(=O)N3)C1)CC2. The molecular weight excluding hydrogens is 701 g/mol. The van der Waals surface area contributed by atoms with Crippen LogP contribution < -0.4 is 26.6 Å². The topological polar surface area (TPSA) is 123 Å². The number of rotatable bonds is 6. The first-order valence-electron chi connectivity index (χ1n) is 17.5. The monoisotopic (exact) mass is 739 g/mol. The molecule has 0 radical (unpaired) electrons. The number of fused-ring (bicyclic) bond motifs is 2. The van der Waals surface area contributed by atoms with Gasteiger partial charge in [0.25, 0.3) is 5.56 Å². The Hall–Kier alpha value is -4.71. The number of halogens is 2. The van der Waals surface area contributed by atoms with E-state index >= 15 is 0 Å². The molecule has 2 saturated heterocycles. The molecule has 268 valence electrons. The van der Waals surface area contributed by atoms with Crippen molar-refractivity contribution >= 4 is 51.5 Å². The lowest BCUT2D eigenvalue weighted by molar-refractivity contribution is -0.125. The number of carbonyl (C=O) groups is 1. The molecule has 1 spiro atoms. The highest BCUT2D eigenvalue weighted by atomic mass is 35.5. The van der Waals surface area contributed by atoms with Gasteiger partial charge in [-0.2, -0.15) is 0 Å². The Morgan fingerprint density at radius 2 is 1.69 bits per heavy atom. The molecule has 52 heavy (non-hydrogen) atoms. The summed E-state index contributed by atoms with van der Waals surface area (Å²) in [6.07, 6.45) is 5.36. The summed E-state index contributed by atoms with van der Waals surface area (Å²) in [7, 11) is 4.73. The third-order valence-electron chi connectivity index (χ3n) is 11.0. The van der Waals surface area contributed by atoms with Gasteiger partial charge < -0.3 is 15.4 Å². The second kappa shape index (κ2) is 13.1. The Morgan fingerprint density at radius 3 is 2.46 bits per heavy atom. The predicted molar refractivity (Wildman–Crippen MR) is 204 cm³/mol. The molecule has 8 rings (SSSR count). The van der Waals surface area contributed by atoms with Crippen molar-refractivity contribution < 1.29 is 9.53 Å². The van der Waals surface area contributed by atoms with Gasteiger partial charge in [-0.3, -0.25) is 23.6 Å². The van der Waals surface area contributed by atoms with Gasteiger partial charge in [0.15, 0.2) is 0 Å². The van der Waals surface area contributed by atoms with Crippen molar-refractivity contribution in [1.82, 2.24) is 29.3 Å². The molecule has 0 bridgehead atoms. The van der Waals surface area contributed by atoms with Gasteiger partial charge in [-0.25, -0.2) is 14.8 Å². The van der Waals surface area contributed by atoms with Crippen molar-refractivity contribution in [3.05, 3.63) is 96.2 Å². The molecule has 2 aromatic carbocycles. The number of pyridine rings is 2. The second-order valence-corrected chi connectivity index (χ2v) is 15.0. The quantitative estimate of drug-likeness (QED) is 0.204. The molecule has 0 unspecified atom stereocenters.